The number of aromatic nitrogens is 2. The largest absolute Gasteiger partial charge is 0.481 e. The van der Waals surface area contributed by atoms with Crippen LogP contribution in [0.2, 0.25) is 0 Å². The van der Waals surface area contributed by atoms with Gasteiger partial charge in [-0.3, -0.25) is 9.59 Å². The van der Waals surface area contributed by atoms with E-state index in [1.165, 1.54) is 11.6 Å². The maximum atomic E-state index is 12.6. The minimum Gasteiger partial charge on any atom is -0.481 e. The van der Waals surface area contributed by atoms with E-state index in [0.29, 0.717) is 28.5 Å². The lowest BCUT2D eigenvalue weighted by molar-refractivity contribution is -0.122. The van der Waals surface area contributed by atoms with Gasteiger partial charge in [-0.1, -0.05) is 45.0 Å². The standard InChI is InChI=1S/C24H27N3O3/c1-15-13-21(28)27-22(25-15)17-7-6-8-19(14-17)26-23(29)16(2)30-20-11-9-18(10-12-20)24(3,4)5/h6-14,16H,1-5H3,(H,26,29)(H,25,27,28). The summed E-state index contributed by atoms with van der Waals surface area (Å²) >= 11 is 0. The number of nitrogens with one attached hydrogen (secondary N) is 2. The molecule has 0 radical (unpaired) electrons. The highest BCUT2D eigenvalue weighted by molar-refractivity contribution is 5.94. The lowest BCUT2D eigenvalue weighted by atomic mass is 9.87. The van der Waals surface area contributed by atoms with E-state index in [4.69, 9.17) is 4.74 Å². The van der Waals surface area contributed by atoms with Gasteiger partial charge >= 0.3 is 0 Å². The highest BCUT2D eigenvalue weighted by Crippen LogP contribution is 2.25. The number of aryl methyl sites for hydroxylation is 1. The van der Waals surface area contributed by atoms with Gasteiger partial charge in [-0.2, -0.15) is 0 Å². The molecule has 2 N–H and O–H groups in total. The molecule has 3 rings (SSSR count). The van der Waals surface area contributed by atoms with Crippen LogP contribution in [0.4, 0.5) is 5.69 Å². The fourth-order valence-corrected chi connectivity index (χ4v) is 3.00. The van der Waals surface area contributed by atoms with Gasteiger partial charge in [-0.25, -0.2) is 4.98 Å². The SMILES string of the molecule is Cc1cc(=O)[nH]c(-c2cccc(NC(=O)C(C)Oc3ccc(C(C)(C)C)cc3)c2)n1. The van der Waals surface area contributed by atoms with Crippen molar-refractivity contribution in [1.82, 2.24) is 9.97 Å². The number of hydrogen-bond acceptors (Lipinski definition) is 4. The quantitative estimate of drug-likeness (QED) is 0.657. The number of H-pyrrole nitrogens is 1. The van der Waals surface area contributed by atoms with Gasteiger partial charge in [0.05, 0.1) is 0 Å². The molecule has 0 fully saturated rings. The normalized spacial score (nSPS) is 12.3. The van der Waals surface area contributed by atoms with Crippen LogP contribution in [-0.2, 0) is 10.2 Å². The van der Waals surface area contributed by atoms with E-state index in [-0.39, 0.29) is 16.9 Å². The monoisotopic (exact) mass is 405 g/mol. The third kappa shape index (κ3) is 5.35. The van der Waals surface area contributed by atoms with Crippen molar-refractivity contribution in [2.45, 2.75) is 46.1 Å². The van der Waals surface area contributed by atoms with Crippen LogP contribution in [0.3, 0.4) is 0 Å². The summed E-state index contributed by atoms with van der Waals surface area (Å²) in [6, 6.07) is 16.4. The van der Waals surface area contributed by atoms with Crippen LogP contribution < -0.4 is 15.6 Å². The number of aromatic amines is 1. The molecular formula is C24H27N3O3. The molecule has 6 nitrogen and oxygen atoms in total. The van der Waals surface area contributed by atoms with Gasteiger partial charge in [-0.05, 0) is 49.1 Å². The summed E-state index contributed by atoms with van der Waals surface area (Å²) in [7, 11) is 0. The zero-order valence-electron chi connectivity index (χ0n) is 17.9. The maximum absolute atomic E-state index is 12.6. The molecule has 6 heteroatoms. The molecule has 0 saturated carbocycles. The number of anilines is 1. The first-order valence-corrected chi connectivity index (χ1v) is 9.88. The molecular weight excluding hydrogens is 378 g/mol. The predicted molar refractivity (Wildman–Crippen MR) is 119 cm³/mol. The van der Waals surface area contributed by atoms with Crippen molar-refractivity contribution >= 4 is 11.6 Å². The molecule has 0 saturated heterocycles. The lowest BCUT2D eigenvalue weighted by Gasteiger charge is -2.20. The number of carbonyl (C=O) groups is 1. The van der Waals surface area contributed by atoms with Crippen molar-refractivity contribution in [3.63, 3.8) is 0 Å². The smallest absolute Gasteiger partial charge is 0.265 e. The molecule has 1 aromatic heterocycles. The summed E-state index contributed by atoms with van der Waals surface area (Å²) in [6.07, 6.45) is -0.675. The van der Waals surface area contributed by atoms with E-state index in [1.807, 2.05) is 30.3 Å². The van der Waals surface area contributed by atoms with Gasteiger partial charge in [0.15, 0.2) is 6.10 Å². The van der Waals surface area contributed by atoms with Crippen molar-refractivity contribution in [3.8, 4) is 17.1 Å². The van der Waals surface area contributed by atoms with Crippen LogP contribution in [0, 0.1) is 6.92 Å². The second-order valence-electron chi connectivity index (χ2n) is 8.34. The van der Waals surface area contributed by atoms with Gasteiger partial charge in [0.25, 0.3) is 11.5 Å². The number of carbonyl (C=O) groups excluding carboxylic acids is 1. The number of rotatable bonds is 5. The molecule has 0 bridgehead atoms. The third-order valence-corrected chi connectivity index (χ3v) is 4.68. The van der Waals surface area contributed by atoms with Crippen molar-refractivity contribution in [2.24, 2.45) is 0 Å². The van der Waals surface area contributed by atoms with Crippen LogP contribution in [-0.4, -0.2) is 22.0 Å². The average Bonchev–Trinajstić information content (AvgIpc) is 2.67. The zero-order valence-corrected chi connectivity index (χ0v) is 17.9. The summed E-state index contributed by atoms with van der Waals surface area (Å²) in [4.78, 5) is 31.4. The minimum atomic E-state index is -0.675. The van der Waals surface area contributed by atoms with E-state index in [9.17, 15) is 9.59 Å². The molecule has 156 valence electrons. The average molecular weight is 405 g/mol. The Balaban J connectivity index is 1.69. The molecule has 0 aliphatic rings. The first-order valence-electron chi connectivity index (χ1n) is 9.88. The maximum Gasteiger partial charge on any atom is 0.265 e. The predicted octanol–water partition coefficient (Wildman–Crippen LogP) is 4.45. The molecule has 0 spiro atoms. The first kappa shape index (κ1) is 21.3. The number of amides is 1. The second-order valence-corrected chi connectivity index (χ2v) is 8.34. The molecule has 1 unspecified atom stereocenters. The Morgan fingerprint density at radius 3 is 2.43 bits per heavy atom. The molecule has 30 heavy (non-hydrogen) atoms. The molecule has 1 atom stereocenters. The fourth-order valence-electron chi connectivity index (χ4n) is 3.00. The number of benzene rings is 2. The fraction of sp³-hybridized carbons (Fsp3) is 0.292. The Morgan fingerprint density at radius 1 is 1.10 bits per heavy atom. The Labute approximate surface area is 176 Å². The Morgan fingerprint density at radius 2 is 1.80 bits per heavy atom. The summed E-state index contributed by atoms with van der Waals surface area (Å²) < 4.78 is 5.79. The minimum absolute atomic E-state index is 0.0585. The van der Waals surface area contributed by atoms with E-state index in [0.717, 1.165) is 0 Å². The van der Waals surface area contributed by atoms with Gasteiger partial charge in [0.1, 0.15) is 11.6 Å². The van der Waals surface area contributed by atoms with Crippen molar-refractivity contribution in [2.75, 3.05) is 5.32 Å². The van der Waals surface area contributed by atoms with Crippen molar-refractivity contribution in [1.29, 1.82) is 0 Å². The molecule has 1 amide bonds. The number of ether oxygens (including phenoxy) is 1. The van der Waals surface area contributed by atoms with E-state index in [1.54, 1.807) is 32.0 Å². The Hall–Kier alpha value is -3.41. The summed E-state index contributed by atoms with van der Waals surface area (Å²) in [6.45, 7) is 9.91. The van der Waals surface area contributed by atoms with Gasteiger partial charge in [-0.15, -0.1) is 0 Å². The van der Waals surface area contributed by atoms with Crippen LogP contribution in [0.1, 0.15) is 39.0 Å². The van der Waals surface area contributed by atoms with Gasteiger partial charge in [0.2, 0.25) is 0 Å². The highest BCUT2D eigenvalue weighted by Gasteiger charge is 2.17. The Bertz CT molecular complexity index is 1100. The number of hydrogen-bond donors (Lipinski definition) is 2. The molecule has 3 aromatic rings. The lowest BCUT2D eigenvalue weighted by Crippen LogP contribution is -2.30. The van der Waals surface area contributed by atoms with E-state index >= 15 is 0 Å². The third-order valence-electron chi connectivity index (χ3n) is 4.68. The van der Waals surface area contributed by atoms with Crippen LogP contribution >= 0.6 is 0 Å². The molecule has 0 aliphatic heterocycles. The summed E-state index contributed by atoms with van der Waals surface area (Å²) in [5.41, 5.74) is 2.98. The van der Waals surface area contributed by atoms with Crippen LogP contribution in [0.5, 0.6) is 5.75 Å². The highest BCUT2D eigenvalue weighted by atomic mass is 16.5. The van der Waals surface area contributed by atoms with Crippen LogP contribution in [0.25, 0.3) is 11.4 Å². The molecule has 2 aromatic carbocycles. The van der Waals surface area contributed by atoms with E-state index < -0.39 is 6.10 Å². The van der Waals surface area contributed by atoms with Crippen LogP contribution in [0.15, 0.2) is 59.4 Å². The van der Waals surface area contributed by atoms with E-state index in [2.05, 4.69) is 36.1 Å². The summed E-state index contributed by atoms with van der Waals surface area (Å²) in [5.74, 6) is 0.831. The number of nitrogens with zero attached hydrogens (tertiary/aromatic N) is 1. The molecule has 1 heterocycles. The van der Waals surface area contributed by atoms with Crippen molar-refractivity contribution in [3.05, 3.63) is 76.2 Å². The molecule has 0 aliphatic carbocycles. The van der Waals surface area contributed by atoms with Gasteiger partial charge < -0.3 is 15.0 Å². The zero-order chi connectivity index (χ0) is 21.9. The first-order chi connectivity index (χ1) is 14.1. The van der Waals surface area contributed by atoms with Gasteiger partial charge in [0, 0.05) is 23.0 Å². The topological polar surface area (TPSA) is 84.1 Å². The van der Waals surface area contributed by atoms with Crippen molar-refractivity contribution < 1.29 is 9.53 Å². The second kappa shape index (κ2) is 8.53. The Kier molecular flexibility index (Phi) is 6.06. The summed E-state index contributed by atoms with van der Waals surface area (Å²) in [5, 5.41) is 2.85.